The zero-order valence-corrected chi connectivity index (χ0v) is 18.0. The third-order valence-electron chi connectivity index (χ3n) is 8.68. The van der Waals surface area contributed by atoms with Gasteiger partial charge >= 0.3 is 0 Å². The first-order valence-corrected chi connectivity index (χ1v) is 10.6. The minimum Gasteiger partial charge on any atom is -1.00 e. The summed E-state index contributed by atoms with van der Waals surface area (Å²) >= 11 is 0. The second-order valence-electron chi connectivity index (χ2n) is 9.47. The van der Waals surface area contributed by atoms with Gasteiger partial charge < -0.3 is 26.6 Å². The van der Waals surface area contributed by atoms with Gasteiger partial charge in [0.1, 0.15) is 24.7 Å². The second kappa shape index (κ2) is 6.29. The second-order valence-corrected chi connectivity index (χ2v) is 9.47. The van der Waals surface area contributed by atoms with Gasteiger partial charge in [-0.05, 0) is 47.4 Å². The van der Waals surface area contributed by atoms with Crippen molar-refractivity contribution in [2.45, 2.75) is 44.4 Å². The summed E-state index contributed by atoms with van der Waals surface area (Å²) in [5, 5.41) is 16.4. The Bertz CT molecular complexity index is 1010. The van der Waals surface area contributed by atoms with E-state index in [9.17, 15) is 5.11 Å². The van der Waals surface area contributed by atoms with Crippen molar-refractivity contribution in [3.05, 3.63) is 60.2 Å². The van der Waals surface area contributed by atoms with Crippen molar-refractivity contribution in [2.75, 3.05) is 13.1 Å². The molecule has 1 N–H and O–H groups in total. The molecule has 1 saturated carbocycles. The van der Waals surface area contributed by atoms with Gasteiger partial charge in [-0.3, -0.25) is 0 Å². The molecule has 146 valence electrons. The minimum atomic E-state index is -0.124. The lowest BCUT2D eigenvalue weighted by molar-refractivity contribution is -0.965. The molecule has 2 saturated heterocycles. The summed E-state index contributed by atoms with van der Waals surface area (Å²) in [5.41, 5.74) is 1.75. The van der Waals surface area contributed by atoms with E-state index in [4.69, 9.17) is 0 Å². The number of aliphatic hydroxyl groups excluding tert-OH is 1. The predicted molar refractivity (Wildman–Crippen MR) is 110 cm³/mol. The quantitative estimate of drug-likeness (QED) is 0.479. The fourth-order valence-electron chi connectivity index (χ4n) is 7.34. The van der Waals surface area contributed by atoms with E-state index in [0.717, 1.165) is 23.5 Å². The number of nitrogens with zero attached hydrogens (tertiary/aromatic N) is 1. The van der Waals surface area contributed by atoms with E-state index in [1.165, 1.54) is 52.9 Å². The summed E-state index contributed by atoms with van der Waals surface area (Å²) in [4.78, 5) is 0. The number of benzene rings is 3. The Morgan fingerprint density at radius 2 is 1.61 bits per heavy atom. The lowest BCUT2D eigenvalue weighted by Gasteiger charge is -2.44. The molecule has 3 aromatic rings. The van der Waals surface area contributed by atoms with Crippen LogP contribution in [0.15, 0.2) is 54.6 Å². The summed E-state index contributed by atoms with van der Waals surface area (Å²) in [5.74, 6) is 1.28. The molecule has 2 nitrogen and oxygen atoms in total. The molecule has 28 heavy (non-hydrogen) atoms. The molecule has 3 aromatic carbocycles. The molecule has 5 atom stereocenters. The summed E-state index contributed by atoms with van der Waals surface area (Å²) < 4.78 is 1.10. The minimum absolute atomic E-state index is 0. The van der Waals surface area contributed by atoms with Crippen LogP contribution in [0.4, 0.5) is 0 Å². The van der Waals surface area contributed by atoms with E-state index in [-0.39, 0.29) is 28.6 Å². The Hall–Kier alpha value is -1.42. The largest absolute Gasteiger partial charge is 1.00 e. The van der Waals surface area contributed by atoms with Gasteiger partial charge in [0.2, 0.25) is 0 Å². The van der Waals surface area contributed by atoms with E-state index in [1.54, 1.807) is 0 Å². The van der Waals surface area contributed by atoms with Gasteiger partial charge in [-0.15, -0.1) is 0 Å². The Morgan fingerprint density at radius 3 is 2.29 bits per heavy atom. The number of fused-ring (bicyclic) bond motifs is 2. The van der Waals surface area contributed by atoms with Crippen LogP contribution < -0.4 is 17.0 Å². The first-order valence-electron chi connectivity index (χ1n) is 10.6. The maximum atomic E-state index is 10.9. The maximum Gasteiger partial charge on any atom is 0.112 e. The highest BCUT2D eigenvalue weighted by atomic mass is 79.9. The van der Waals surface area contributed by atoms with Gasteiger partial charge in [0.05, 0.1) is 6.54 Å². The van der Waals surface area contributed by atoms with Gasteiger partial charge in [0.15, 0.2) is 0 Å². The molecule has 0 bridgehead atoms. The molecule has 2 heterocycles. The van der Waals surface area contributed by atoms with E-state index in [2.05, 4.69) is 61.5 Å². The highest BCUT2D eigenvalue weighted by Gasteiger charge is 2.70. The van der Waals surface area contributed by atoms with E-state index in [0.29, 0.717) is 5.92 Å². The van der Waals surface area contributed by atoms with Crippen LogP contribution in [0.1, 0.15) is 31.7 Å². The standard InChI is InChI=1S/C25H28NO.BrH/c1-25-19-10-11-23(25)24(27)16-26(25,13-12-19)15-22-20-8-4-2-6-17(20)14-18-7-3-5-9-21(18)22;/h2-9,14,19,23-24,27H,10-13,15-16H2,1H3;1H/q+1;/p-1/t19-,23+,24-,25+,26+;/m0./s1. The van der Waals surface area contributed by atoms with Crippen LogP contribution in [0, 0.1) is 11.8 Å². The predicted octanol–water partition coefficient (Wildman–Crippen LogP) is 1.88. The topological polar surface area (TPSA) is 20.2 Å². The third-order valence-corrected chi connectivity index (χ3v) is 8.68. The fourth-order valence-corrected chi connectivity index (χ4v) is 7.34. The monoisotopic (exact) mass is 437 g/mol. The average Bonchev–Trinajstić information content (AvgIpc) is 3.24. The van der Waals surface area contributed by atoms with Crippen LogP contribution in [0.3, 0.4) is 0 Å². The van der Waals surface area contributed by atoms with Crippen molar-refractivity contribution in [1.82, 2.24) is 0 Å². The summed E-state index contributed by atoms with van der Waals surface area (Å²) in [7, 11) is 0. The van der Waals surface area contributed by atoms with Crippen molar-refractivity contribution in [3.8, 4) is 0 Å². The molecule has 0 aromatic heterocycles. The third kappa shape index (κ3) is 2.21. The van der Waals surface area contributed by atoms with Crippen LogP contribution in [0.5, 0.6) is 0 Å². The highest BCUT2D eigenvalue weighted by molar-refractivity contribution is 6.02. The van der Waals surface area contributed by atoms with E-state index in [1.807, 2.05) is 0 Å². The Labute approximate surface area is 177 Å². The summed E-state index contributed by atoms with van der Waals surface area (Å²) in [6.45, 7) is 5.73. The maximum absolute atomic E-state index is 10.9. The Balaban J connectivity index is 0.00000171. The molecular weight excluding hydrogens is 410 g/mol. The molecule has 3 aliphatic rings. The van der Waals surface area contributed by atoms with Crippen LogP contribution in [-0.2, 0) is 6.54 Å². The van der Waals surface area contributed by atoms with Crippen LogP contribution in [-0.4, -0.2) is 34.3 Å². The molecule has 3 fully saturated rings. The number of halogens is 1. The fraction of sp³-hybridized carbons (Fsp3) is 0.440. The molecule has 0 amide bonds. The number of hydrogen-bond donors (Lipinski definition) is 1. The van der Waals surface area contributed by atoms with E-state index >= 15 is 0 Å². The zero-order chi connectivity index (χ0) is 18.2. The molecule has 0 unspecified atom stereocenters. The Kier molecular flexibility index (Phi) is 4.18. The Morgan fingerprint density at radius 1 is 0.964 bits per heavy atom. The first-order chi connectivity index (χ1) is 13.1. The van der Waals surface area contributed by atoms with Crippen LogP contribution >= 0.6 is 0 Å². The van der Waals surface area contributed by atoms with Crippen molar-refractivity contribution >= 4 is 21.5 Å². The van der Waals surface area contributed by atoms with E-state index < -0.39 is 0 Å². The summed E-state index contributed by atoms with van der Waals surface area (Å²) in [6.07, 6.45) is 3.75. The lowest BCUT2D eigenvalue weighted by atomic mass is 9.83. The normalized spacial score (nSPS) is 36.0. The summed E-state index contributed by atoms with van der Waals surface area (Å²) in [6, 6.07) is 20.1. The molecule has 0 spiro atoms. The van der Waals surface area contributed by atoms with Crippen LogP contribution in [0.2, 0.25) is 0 Å². The van der Waals surface area contributed by atoms with Gasteiger partial charge in [-0.1, -0.05) is 48.5 Å². The van der Waals surface area contributed by atoms with Gasteiger partial charge in [0.25, 0.3) is 0 Å². The van der Waals surface area contributed by atoms with Crippen molar-refractivity contribution in [3.63, 3.8) is 0 Å². The molecule has 0 radical (unpaired) electrons. The molecule has 6 rings (SSSR count). The molecule has 2 aliphatic heterocycles. The first kappa shape index (κ1) is 18.6. The van der Waals surface area contributed by atoms with Crippen LogP contribution in [0.25, 0.3) is 21.5 Å². The zero-order valence-electron chi connectivity index (χ0n) is 16.4. The van der Waals surface area contributed by atoms with Crippen molar-refractivity contribution in [1.29, 1.82) is 0 Å². The van der Waals surface area contributed by atoms with Gasteiger partial charge in [-0.25, -0.2) is 0 Å². The number of aliphatic hydroxyl groups is 1. The lowest BCUT2D eigenvalue weighted by Crippen LogP contribution is -3.00. The number of hydrogen-bond acceptors (Lipinski definition) is 1. The molecular formula is C25H28BrNO. The van der Waals surface area contributed by atoms with Crippen molar-refractivity contribution in [2.24, 2.45) is 11.8 Å². The van der Waals surface area contributed by atoms with Gasteiger partial charge in [-0.2, -0.15) is 0 Å². The number of quaternary nitrogens is 1. The highest BCUT2D eigenvalue weighted by Crippen LogP contribution is 2.60. The smallest absolute Gasteiger partial charge is 0.112 e. The SMILES string of the molecule is C[C@@]12[C@H]3CC[C@@H]1[C@@H](O)C[N@+]2(Cc1c2ccccc2cc2ccccc12)CC3.[Br-]. The molecule has 1 aliphatic carbocycles. The van der Waals surface area contributed by atoms with Crippen molar-refractivity contribution < 1.29 is 26.6 Å². The number of rotatable bonds is 2. The van der Waals surface area contributed by atoms with Gasteiger partial charge in [0, 0.05) is 23.8 Å². The average molecular weight is 438 g/mol. The molecule has 3 heteroatoms.